The van der Waals surface area contributed by atoms with E-state index in [1.807, 2.05) is 0 Å². The summed E-state index contributed by atoms with van der Waals surface area (Å²) in [4.78, 5) is 11.8. The van der Waals surface area contributed by atoms with Gasteiger partial charge in [0.2, 0.25) is 5.91 Å². The lowest BCUT2D eigenvalue weighted by Gasteiger charge is -2.20. The van der Waals surface area contributed by atoms with Crippen LogP contribution >= 0.6 is 0 Å². The SMILES string of the molecule is COC1CCCC1NC(=O)CC(N)C1CC1. The van der Waals surface area contributed by atoms with E-state index < -0.39 is 0 Å². The van der Waals surface area contributed by atoms with Gasteiger partial charge < -0.3 is 15.8 Å². The minimum Gasteiger partial charge on any atom is -0.379 e. The standard InChI is InChI=1S/C12H22N2O2/c1-16-11-4-2-3-10(11)14-12(15)7-9(13)8-5-6-8/h8-11H,2-7,13H2,1H3,(H,14,15). The minimum atomic E-state index is 0.0578. The van der Waals surface area contributed by atoms with Crippen molar-refractivity contribution in [2.24, 2.45) is 11.7 Å². The highest BCUT2D eigenvalue weighted by atomic mass is 16.5. The molecule has 0 saturated heterocycles. The first-order valence-electron chi connectivity index (χ1n) is 6.28. The van der Waals surface area contributed by atoms with Crippen LogP contribution in [0.15, 0.2) is 0 Å². The fourth-order valence-corrected chi connectivity index (χ4v) is 2.54. The summed E-state index contributed by atoms with van der Waals surface area (Å²) in [7, 11) is 1.71. The zero-order chi connectivity index (χ0) is 11.5. The maximum atomic E-state index is 11.8. The highest BCUT2D eigenvalue weighted by molar-refractivity contribution is 5.77. The number of methoxy groups -OCH3 is 1. The van der Waals surface area contributed by atoms with Crippen LogP contribution in [0.3, 0.4) is 0 Å². The number of nitrogens with two attached hydrogens (primary N) is 1. The third-order valence-corrected chi connectivity index (χ3v) is 3.75. The molecule has 3 unspecified atom stereocenters. The van der Waals surface area contributed by atoms with Gasteiger partial charge in [-0.25, -0.2) is 0 Å². The number of rotatable bonds is 5. The second-order valence-corrected chi connectivity index (χ2v) is 5.08. The molecule has 2 aliphatic rings. The van der Waals surface area contributed by atoms with E-state index in [2.05, 4.69) is 5.32 Å². The maximum absolute atomic E-state index is 11.8. The van der Waals surface area contributed by atoms with Crippen LogP contribution in [-0.2, 0) is 9.53 Å². The molecular weight excluding hydrogens is 204 g/mol. The van der Waals surface area contributed by atoms with Gasteiger partial charge >= 0.3 is 0 Å². The number of carbonyl (C=O) groups is 1. The van der Waals surface area contributed by atoms with Crippen molar-refractivity contribution in [1.82, 2.24) is 5.32 Å². The quantitative estimate of drug-likeness (QED) is 0.728. The molecule has 0 aromatic carbocycles. The Balaban J connectivity index is 1.73. The van der Waals surface area contributed by atoms with Crippen LogP contribution in [-0.4, -0.2) is 31.2 Å². The molecule has 2 fully saturated rings. The fraction of sp³-hybridized carbons (Fsp3) is 0.917. The summed E-state index contributed by atoms with van der Waals surface area (Å²) in [6, 6.07) is 0.256. The van der Waals surface area contributed by atoms with Crippen LogP contribution in [0.1, 0.15) is 38.5 Å². The Morgan fingerprint density at radius 2 is 2.19 bits per heavy atom. The van der Waals surface area contributed by atoms with Gasteiger partial charge in [0.25, 0.3) is 0 Å². The number of ether oxygens (including phenoxy) is 1. The first-order valence-corrected chi connectivity index (χ1v) is 6.28. The van der Waals surface area contributed by atoms with Gasteiger partial charge in [-0.15, -0.1) is 0 Å². The summed E-state index contributed by atoms with van der Waals surface area (Å²) >= 11 is 0. The number of amides is 1. The van der Waals surface area contributed by atoms with E-state index in [-0.39, 0.29) is 24.1 Å². The number of carbonyl (C=O) groups excluding carboxylic acids is 1. The Kier molecular flexibility index (Phi) is 3.82. The van der Waals surface area contributed by atoms with Crippen LogP contribution in [0.25, 0.3) is 0 Å². The molecule has 92 valence electrons. The first kappa shape index (κ1) is 11.9. The molecule has 0 bridgehead atoms. The third-order valence-electron chi connectivity index (χ3n) is 3.75. The second kappa shape index (κ2) is 5.15. The smallest absolute Gasteiger partial charge is 0.221 e. The molecule has 4 nitrogen and oxygen atoms in total. The van der Waals surface area contributed by atoms with Crippen molar-refractivity contribution in [2.75, 3.05) is 7.11 Å². The molecule has 0 heterocycles. The zero-order valence-electron chi connectivity index (χ0n) is 9.95. The van der Waals surface area contributed by atoms with E-state index in [0.29, 0.717) is 12.3 Å². The molecule has 2 saturated carbocycles. The van der Waals surface area contributed by atoms with Crippen LogP contribution in [0.5, 0.6) is 0 Å². The normalized spacial score (nSPS) is 31.4. The van der Waals surface area contributed by atoms with Crippen molar-refractivity contribution in [1.29, 1.82) is 0 Å². The van der Waals surface area contributed by atoms with Gasteiger partial charge in [-0.2, -0.15) is 0 Å². The molecule has 4 heteroatoms. The summed E-state index contributed by atoms with van der Waals surface area (Å²) in [5.41, 5.74) is 5.93. The van der Waals surface area contributed by atoms with E-state index in [9.17, 15) is 4.79 Å². The summed E-state index contributed by atoms with van der Waals surface area (Å²) in [6.45, 7) is 0. The molecule has 0 aromatic rings. The number of hydrogen-bond acceptors (Lipinski definition) is 3. The van der Waals surface area contributed by atoms with Crippen molar-refractivity contribution in [3.05, 3.63) is 0 Å². The van der Waals surface area contributed by atoms with Crippen LogP contribution in [0, 0.1) is 5.92 Å². The Hall–Kier alpha value is -0.610. The zero-order valence-corrected chi connectivity index (χ0v) is 9.95. The van der Waals surface area contributed by atoms with E-state index in [0.717, 1.165) is 19.3 Å². The first-order chi connectivity index (χ1) is 7.70. The van der Waals surface area contributed by atoms with Gasteiger partial charge in [0.15, 0.2) is 0 Å². The van der Waals surface area contributed by atoms with Crippen LogP contribution < -0.4 is 11.1 Å². The summed E-state index contributed by atoms with van der Waals surface area (Å²) in [5.74, 6) is 0.681. The predicted molar refractivity (Wildman–Crippen MR) is 61.9 cm³/mol. The molecule has 3 N–H and O–H groups in total. The van der Waals surface area contributed by atoms with E-state index >= 15 is 0 Å². The summed E-state index contributed by atoms with van der Waals surface area (Å²) in [6.07, 6.45) is 6.27. The summed E-state index contributed by atoms with van der Waals surface area (Å²) in [5, 5.41) is 3.05. The number of hydrogen-bond donors (Lipinski definition) is 2. The van der Waals surface area contributed by atoms with Crippen LogP contribution in [0.2, 0.25) is 0 Å². The van der Waals surface area contributed by atoms with Crippen molar-refractivity contribution in [3.8, 4) is 0 Å². The molecule has 0 aromatic heterocycles. The molecule has 0 aliphatic heterocycles. The Morgan fingerprint density at radius 3 is 2.81 bits per heavy atom. The van der Waals surface area contributed by atoms with Gasteiger partial charge in [0, 0.05) is 19.6 Å². The molecule has 16 heavy (non-hydrogen) atoms. The molecule has 1 amide bonds. The molecule has 0 spiro atoms. The topological polar surface area (TPSA) is 64.3 Å². The predicted octanol–water partition coefficient (Wildman–Crippen LogP) is 0.797. The van der Waals surface area contributed by atoms with Crippen molar-refractivity contribution < 1.29 is 9.53 Å². The van der Waals surface area contributed by atoms with Crippen molar-refractivity contribution >= 4 is 5.91 Å². The maximum Gasteiger partial charge on any atom is 0.221 e. The van der Waals surface area contributed by atoms with Crippen molar-refractivity contribution in [3.63, 3.8) is 0 Å². The lowest BCUT2D eigenvalue weighted by Crippen LogP contribution is -2.43. The Bertz CT molecular complexity index is 253. The van der Waals surface area contributed by atoms with E-state index in [1.54, 1.807) is 7.11 Å². The third kappa shape index (κ3) is 2.95. The lowest BCUT2D eigenvalue weighted by molar-refractivity contribution is -0.123. The second-order valence-electron chi connectivity index (χ2n) is 5.08. The molecule has 2 aliphatic carbocycles. The molecular formula is C12H22N2O2. The van der Waals surface area contributed by atoms with Crippen molar-refractivity contribution in [2.45, 2.75) is 56.7 Å². The summed E-state index contributed by atoms with van der Waals surface area (Å²) < 4.78 is 5.34. The van der Waals surface area contributed by atoms with Gasteiger partial charge in [-0.3, -0.25) is 4.79 Å². The molecule has 3 atom stereocenters. The van der Waals surface area contributed by atoms with Gasteiger partial charge in [-0.1, -0.05) is 0 Å². The number of nitrogens with one attached hydrogen (secondary N) is 1. The minimum absolute atomic E-state index is 0.0578. The highest BCUT2D eigenvalue weighted by Crippen LogP contribution is 2.32. The lowest BCUT2D eigenvalue weighted by atomic mass is 10.1. The highest BCUT2D eigenvalue weighted by Gasteiger charge is 2.32. The van der Waals surface area contributed by atoms with Gasteiger partial charge in [-0.05, 0) is 38.0 Å². The largest absolute Gasteiger partial charge is 0.379 e. The average molecular weight is 226 g/mol. The molecule has 0 radical (unpaired) electrons. The fourth-order valence-electron chi connectivity index (χ4n) is 2.54. The molecule has 2 rings (SSSR count). The van der Waals surface area contributed by atoms with Crippen LogP contribution in [0.4, 0.5) is 0 Å². The van der Waals surface area contributed by atoms with E-state index in [1.165, 1.54) is 12.8 Å². The monoisotopic (exact) mass is 226 g/mol. The van der Waals surface area contributed by atoms with Gasteiger partial charge in [0.1, 0.15) is 0 Å². The Morgan fingerprint density at radius 1 is 1.44 bits per heavy atom. The Labute approximate surface area is 96.9 Å². The van der Waals surface area contributed by atoms with E-state index in [4.69, 9.17) is 10.5 Å². The van der Waals surface area contributed by atoms with Gasteiger partial charge in [0.05, 0.1) is 12.1 Å². The average Bonchev–Trinajstić information content (AvgIpc) is 3.00.